The molecule has 0 rings (SSSR count). The van der Waals surface area contributed by atoms with Crippen molar-refractivity contribution in [2.45, 2.75) is 32.6 Å². The second-order valence-corrected chi connectivity index (χ2v) is 3.93. The molecular formula is C12H26N2. The van der Waals surface area contributed by atoms with Gasteiger partial charge in [-0.05, 0) is 59.4 Å². The molecule has 2 heteroatoms. The molecule has 0 bridgehead atoms. The minimum atomic E-state index is 1.15. The lowest BCUT2D eigenvalue weighted by Crippen LogP contribution is -2.21. The summed E-state index contributed by atoms with van der Waals surface area (Å²) >= 11 is 0. The van der Waals surface area contributed by atoms with Crippen molar-refractivity contribution in [1.29, 1.82) is 0 Å². The smallest absolute Gasteiger partial charge is 0.00127 e. The Morgan fingerprint density at radius 2 is 1.79 bits per heavy atom. The number of rotatable bonds is 9. The maximum absolute atomic E-state index is 3.46. The highest BCUT2D eigenvalue weighted by atomic mass is 15.0. The van der Waals surface area contributed by atoms with E-state index in [9.17, 15) is 0 Å². The van der Waals surface area contributed by atoms with Gasteiger partial charge in [0.2, 0.25) is 0 Å². The molecule has 0 radical (unpaired) electrons. The standard InChI is InChI=1S/C12H26N2/c1-4-5-6-7-8-10-13-11-9-12-14(2)3/h5-6,13H,4,7-12H2,1-3H3/b6-5-. The van der Waals surface area contributed by atoms with Gasteiger partial charge in [-0.3, -0.25) is 0 Å². The van der Waals surface area contributed by atoms with Gasteiger partial charge in [0.15, 0.2) is 0 Å². The van der Waals surface area contributed by atoms with Gasteiger partial charge < -0.3 is 10.2 Å². The summed E-state index contributed by atoms with van der Waals surface area (Å²) in [5.41, 5.74) is 0. The molecule has 14 heavy (non-hydrogen) atoms. The van der Waals surface area contributed by atoms with Crippen LogP contribution in [0.3, 0.4) is 0 Å². The first kappa shape index (κ1) is 13.7. The quantitative estimate of drug-likeness (QED) is 0.452. The maximum atomic E-state index is 3.46. The molecular weight excluding hydrogens is 172 g/mol. The highest BCUT2D eigenvalue weighted by molar-refractivity contribution is 4.79. The summed E-state index contributed by atoms with van der Waals surface area (Å²) < 4.78 is 0. The summed E-state index contributed by atoms with van der Waals surface area (Å²) in [6, 6.07) is 0. The number of hydrogen-bond donors (Lipinski definition) is 1. The van der Waals surface area contributed by atoms with Crippen LogP contribution in [0.1, 0.15) is 32.6 Å². The Morgan fingerprint density at radius 1 is 1.07 bits per heavy atom. The van der Waals surface area contributed by atoms with E-state index >= 15 is 0 Å². The Labute approximate surface area is 89.4 Å². The van der Waals surface area contributed by atoms with Crippen LogP contribution in [0.5, 0.6) is 0 Å². The van der Waals surface area contributed by atoms with Crippen LogP contribution in [0.4, 0.5) is 0 Å². The fourth-order valence-electron chi connectivity index (χ4n) is 1.27. The van der Waals surface area contributed by atoms with Crippen LogP contribution in [-0.2, 0) is 0 Å². The van der Waals surface area contributed by atoms with Crippen LogP contribution >= 0.6 is 0 Å². The average molecular weight is 198 g/mol. The topological polar surface area (TPSA) is 15.3 Å². The predicted molar refractivity (Wildman–Crippen MR) is 64.7 cm³/mol. The Bertz CT molecular complexity index is 130. The zero-order chi connectivity index (χ0) is 10.6. The molecule has 84 valence electrons. The van der Waals surface area contributed by atoms with Gasteiger partial charge >= 0.3 is 0 Å². The van der Waals surface area contributed by atoms with Crippen molar-refractivity contribution in [3.63, 3.8) is 0 Å². The SMILES string of the molecule is CC/C=C\CCCNCCCN(C)C. The maximum Gasteiger partial charge on any atom is -0.00127 e. The van der Waals surface area contributed by atoms with Crippen molar-refractivity contribution in [1.82, 2.24) is 10.2 Å². The molecule has 1 N–H and O–H groups in total. The summed E-state index contributed by atoms with van der Waals surface area (Å²) in [5, 5.41) is 3.46. The summed E-state index contributed by atoms with van der Waals surface area (Å²) in [7, 11) is 4.24. The van der Waals surface area contributed by atoms with Crippen molar-refractivity contribution in [2.24, 2.45) is 0 Å². The average Bonchev–Trinajstić information content (AvgIpc) is 2.15. The summed E-state index contributed by atoms with van der Waals surface area (Å²) in [6.45, 7) is 5.66. The zero-order valence-corrected chi connectivity index (χ0v) is 10.1. The van der Waals surface area contributed by atoms with E-state index in [0.29, 0.717) is 0 Å². The Hall–Kier alpha value is -0.340. The van der Waals surface area contributed by atoms with Gasteiger partial charge in [0, 0.05) is 0 Å². The third-order valence-electron chi connectivity index (χ3n) is 2.09. The molecule has 0 spiro atoms. The number of nitrogens with zero attached hydrogens (tertiary/aromatic N) is 1. The number of nitrogens with one attached hydrogen (secondary N) is 1. The zero-order valence-electron chi connectivity index (χ0n) is 10.1. The van der Waals surface area contributed by atoms with Gasteiger partial charge in [-0.1, -0.05) is 19.1 Å². The van der Waals surface area contributed by atoms with Gasteiger partial charge in [0.25, 0.3) is 0 Å². The first-order chi connectivity index (χ1) is 6.77. The van der Waals surface area contributed by atoms with Gasteiger partial charge in [-0.25, -0.2) is 0 Å². The third-order valence-corrected chi connectivity index (χ3v) is 2.09. The molecule has 0 atom stereocenters. The molecule has 0 aromatic rings. The first-order valence-corrected chi connectivity index (χ1v) is 5.77. The first-order valence-electron chi connectivity index (χ1n) is 5.77. The van der Waals surface area contributed by atoms with E-state index in [1.165, 1.54) is 25.8 Å². The van der Waals surface area contributed by atoms with Crippen LogP contribution in [0, 0.1) is 0 Å². The number of hydrogen-bond acceptors (Lipinski definition) is 2. The van der Waals surface area contributed by atoms with Gasteiger partial charge in [0.05, 0.1) is 0 Å². The van der Waals surface area contributed by atoms with Crippen LogP contribution < -0.4 is 5.32 Å². The predicted octanol–water partition coefficient (Wildman–Crippen LogP) is 2.27. The van der Waals surface area contributed by atoms with Crippen LogP contribution in [0.2, 0.25) is 0 Å². The monoisotopic (exact) mass is 198 g/mol. The molecule has 2 nitrogen and oxygen atoms in total. The fourth-order valence-corrected chi connectivity index (χ4v) is 1.27. The highest BCUT2D eigenvalue weighted by Crippen LogP contribution is 1.91. The normalized spacial score (nSPS) is 11.7. The fraction of sp³-hybridized carbons (Fsp3) is 0.833. The van der Waals surface area contributed by atoms with Crippen molar-refractivity contribution in [3.05, 3.63) is 12.2 Å². The second-order valence-electron chi connectivity index (χ2n) is 3.93. The van der Waals surface area contributed by atoms with E-state index in [1.54, 1.807) is 0 Å². The minimum Gasteiger partial charge on any atom is -0.317 e. The number of allylic oxidation sites excluding steroid dienone is 2. The molecule has 0 heterocycles. The van der Waals surface area contributed by atoms with Crippen LogP contribution in [0.25, 0.3) is 0 Å². The molecule has 0 unspecified atom stereocenters. The summed E-state index contributed by atoms with van der Waals surface area (Å²) in [5.74, 6) is 0. The van der Waals surface area contributed by atoms with Crippen molar-refractivity contribution in [3.8, 4) is 0 Å². The van der Waals surface area contributed by atoms with Crippen LogP contribution in [0.15, 0.2) is 12.2 Å². The van der Waals surface area contributed by atoms with E-state index < -0.39 is 0 Å². The lowest BCUT2D eigenvalue weighted by atomic mass is 10.2. The molecule has 0 aromatic carbocycles. The van der Waals surface area contributed by atoms with E-state index in [4.69, 9.17) is 0 Å². The van der Waals surface area contributed by atoms with E-state index in [2.05, 4.69) is 43.4 Å². The van der Waals surface area contributed by atoms with Crippen LogP contribution in [-0.4, -0.2) is 38.6 Å². The second kappa shape index (κ2) is 10.7. The molecule has 0 saturated carbocycles. The van der Waals surface area contributed by atoms with Crippen molar-refractivity contribution < 1.29 is 0 Å². The molecule has 0 fully saturated rings. The summed E-state index contributed by atoms with van der Waals surface area (Å²) in [4.78, 5) is 2.23. The van der Waals surface area contributed by atoms with Gasteiger partial charge in [-0.2, -0.15) is 0 Å². The lowest BCUT2D eigenvalue weighted by molar-refractivity contribution is 0.394. The Morgan fingerprint density at radius 3 is 2.43 bits per heavy atom. The van der Waals surface area contributed by atoms with E-state index in [-0.39, 0.29) is 0 Å². The van der Waals surface area contributed by atoms with E-state index in [0.717, 1.165) is 19.5 Å². The van der Waals surface area contributed by atoms with Gasteiger partial charge in [0.1, 0.15) is 0 Å². The molecule has 0 aliphatic heterocycles. The van der Waals surface area contributed by atoms with Crippen molar-refractivity contribution in [2.75, 3.05) is 33.7 Å². The Balaban J connectivity index is 2.95. The third kappa shape index (κ3) is 11.7. The molecule has 0 saturated heterocycles. The summed E-state index contributed by atoms with van der Waals surface area (Å²) in [6.07, 6.45) is 9.41. The molecule has 0 amide bonds. The van der Waals surface area contributed by atoms with E-state index in [1.807, 2.05) is 0 Å². The minimum absolute atomic E-state index is 1.15. The van der Waals surface area contributed by atoms with Gasteiger partial charge in [-0.15, -0.1) is 0 Å². The molecule has 0 aliphatic carbocycles. The highest BCUT2D eigenvalue weighted by Gasteiger charge is 1.90. The largest absolute Gasteiger partial charge is 0.317 e. The molecule has 0 aliphatic rings. The Kier molecular flexibility index (Phi) is 10.5. The molecule has 0 aromatic heterocycles. The number of unbranched alkanes of at least 4 members (excludes halogenated alkanes) is 1. The van der Waals surface area contributed by atoms with Crippen molar-refractivity contribution >= 4 is 0 Å². The lowest BCUT2D eigenvalue weighted by Gasteiger charge is -2.09.